The van der Waals surface area contributed by atoms with Crippen LogP contribution in [0.25, 0.3) is 0 Å². The van der Waals surface area contributed by atoms with Crippen molar-refractivity contribution in [2.45, 2.75) is 6.04 Å². The maximum atomic E-state index is 11.1. The lowest BCUT2D eigenvalue weighted by Gasteiger charge is -2.37. The van der Waals surface area contributed by atoms with Crippen LogP contribution in [0.3, 0.4) is 0 Å². The molecule has 0 aromatic carbocycles. The van der Waals surface area contributed by atoms with Crippen LogP contribution in [0.4, 0.5) is 4.79 Å². The molecule has 0 spiro atoms. The second-order valence-electron chi connectivity index (χ2n) is 3.74. The number of nitrogens with two attached hydrogens (primary N) is 1. The number of amides is 2. The van der Waals surface area contributed by atoms with E-state index in [1.54, 1.807) is 0 Å². The van der Waals surface area contributed by atoms with Crippen LogP contribution < -0.4 is 11.1 Å². The van der Waals surface area contributed by atoms with Gasteiger partial charge in [-0.1, -0.05) is 0 Å². The maximum Gasteiger partial charge on any atom is 0.317 e. The van der Waals surface area contributed by atoms with Gasteiger partial charge in [0.15, 0.2) is 0 Å². The summed E-state index contributed by atoms with van der Waals surface area (Å²) in [5.41, 5.74) is 5.65. The average molecular weight is 184 g/mol. The second-order valence-corrected chi connectivity index (χ2v) is 3.74. The first-order valence-corrected chi connectivity index (χ1v) is 4.76. The van der Waals surface area contributed by atoms with Crippen molar-refractivity contribution >= 4 is 6.03 Å². The second kappa shape index (κ2) is 3.51. The number of urea groups is 1. The first-order chi connectivity index (χ1) is 6.25. The normalized spacial score (nSPS) is 24.7. The molecular weight excluding hydrogens is 168 g/mol. The molecule has 2 aliphatic rings. The molecule has 2 rings (SSSR count). The Morgan fingerprint density at radius 1 is 1.46 bits per heavy atom. The minimum absolute atomic E-state index is 0.0739. The molecule has 74 valence electrons. The van der Waals surface area contributed by atoms with E-state index in [1.807, 2.05) is 4.90 Å². The van der Waals surface area contributed by atoms with Crippen LogP contribution in [0.1, 0.15) is 0 Å². The lowest BCUT2D eigenvalue weighted by molar-refractivity contribution is 0.136. The molecule has 5 nitrogen and oxygen atoms in total. The smallest absolute Gasteiger partial charge is 0.317 e. The molecule has 0 saturated carbocycles. The van der Waals surface area contributed by atoms with Gasteiger partial charge in [0.1, 0.15) is 0 Å². The summed E-state index contributed by atoms with van der Waals surface area (Å²) in [5.74, 6) is 0. The monoisotopic (exact) mass is 184 g/mol. The summed E-state index contributed by atoms with van der Waals surface area (Å²) in [4.78, 5) is 15.3. The Hall–Kier alpha value is -0.810. The van der Waals surface area contributed by atoms with Crippen molar-refractivity contribution in [2.24, 2.45) is 5.73 Å². The number of carbonyl (C=O) groups is 1. The van der Waals surface area contributed by atoms with Crippen molar-refractivity contribution in [2.75, 3.05) is 39.3 Å². The lowest BCUT2D eigenvalue weighted by Crippen LogP contribution is -2.57. The van der Waals surface area contributed by atoms with Gasteiger partial charge in [-0.3, -0.25) is 4.90 Å². The van der Waals surface area contributed by atoms with Gasteiger partial charge in [-0.2, -0.15) is 0 Å². The minimum atomic E-state index is 0.0739. The lowest BCUT2D eigenvalue weighted by atomic mass is 10.1. The predicted molar refractivity (Wildman–Crippen MR) is 49.4 cm³/mol. The highest BCUT2D eigenvalue weighted by Crippen LogP contribution is 2.05. The third-order valence-electron chi connectivity index (χ3n) is 2.62. The molecule has 2 aliphatic heterocycles. The van der Waals surface area contributed by atoms with E-state index in [-0.39, 0.29) is 6.03 Å². The van der Waals surface area contributed by atoms with Gasteiger partial charge in [-0.15, -0.1) is 0 Å². The molecule has 0 atom stereocenters. The van der Waals surface area contributed by atoms with Crippen LogP contribution in [-0.2, 0) is 0 Å². The number of rotatable bonds is 3. The highest BCUT2D eigenvalue weighted by atomic mass is 16.2. The van der Waals surface area contributed by atoms with E-state index in [4.69, 9.17) is 5.73 Å². The molecule has 2 fully saturated rings. The van der Waals surface area contributed by atoms with Crippen molar-refractivity contribution < 1.29 is 4.79 Å². The van der Waals surface area contributed by atoms with Gasteiger partial charge in [0.25, 0.3) is 0 Å². The van der Waals surface area contributed by atoms with Gasteiger partial charge >= 0.3 is 6.03 Å². The van der Waals surface area contributed by atoms with E-state index in [0.717, 1.165) is 39.3 Å². The zero-order valence-electron chi connectivity index (χ0n) is 7.70. The summed E-state index contributed by atoms with van der Waals surface area (Å²) in [6.45, 7) is 5.39. The summed E-state index contributed by atoms with van der Waals surface area (Å²) in [7, 11) is 0. The number of likely N-dealkylation sites (tertiary alicyclic amines) is 1. The number of carbonyl (C=O) groups excluding carboxylic acids is 1. The Labute approximate surface area is 77.9 Å². The Balaban J connectivity index is 1.65. The van der Waals surface area contributed by atoms with E-state index >= 15 is 0 Å². The van der Waals surface area contributed by atoms with E-state index in [0.29, 0.717) is 6.04 Å². The summed E-state index contributed by atoms with van der Waals surface area (Å²) < 4.78 is 0. The van der Waals surface area contributed by atoms with Crippen molar-refractivity contribution in [3.05, 3.63) is 0 Å². The third-order valence-corrected chi connectivity index (χ3v) is 2.62. The predicted octanol–water partition coefficient (Wildman–Crippen LogP) is -1.35. The summed E-state index contributed by atoms with van der Waals surface area (Å²) in [6.07, 6.45) is 0. The first-order valence-electron chi connectivity index (χ1n) is 4.76. The van der Waals surface area contributed by atoms with E-state index < -0.39 is 0 Å². The minimum Gasteiger partial charge on any atom is -0.336 e. The van der Waals surface area contributed by atoms with Crippen molar-refractivity contribution in [3.63, 3.8) is 0 Å². The average Bonchev–Trinajstić information content (AvgIpc) is 2.43. The maximum absolute atomic E-state index is 11.1. The van der Waals surface area contributed by atoms with E-state index in [9.17, 15) is 4.79 Å². The van der Waals surface area contributed by atoms with Crippen molar-refractivity contribution in [1.29, 1.82) is 0 Å². The van der Waals surface area contributed by atoms with E-state index in [2.05, 4.69) is 10.2 Å². The zero-order valence-corrected chi connectivity index (χ0v) is 7.70. The number of hydrogen-bond acceptors (Lipinski definition) is 3. The molecule has 0 aromatic heterocycles. The number of nitrogens with one attached hydrogen (secondary N) is 1. The molecule has 2 amide bonds. The van der Waals surface area contributed by atoms with Crippen LogP contribution in [0, 0.1) is 0 Å². The molecule has 5 heteroatoms. The van der Waals surface area contributed by atoms with Gasteiger partial charge in [0.2, 0.25) is 0 Å². The van der Waals surface area contributed by atoms with Crippen LogP contribution in [-0.4, -0.2) is 61.1 Å². The quantitative estimate of drug-likeness (QED) is 0.570. The SMILES string of the molecule is NC1CN(CCN2CCNC2=O)C1. The molecule has 0 bridgehead atoms. The van der Waals surface area contributed by atoms with Gasteiger partial charge in [0, 0.05) is 45.3 Å². The van der Waals surface area contributed by atoms with Crippen LogP contribution in [0.2, 0.25) is 0 Å². The number of nitrogens with zero attached hydrogens (tertiary/aromatic N) is 2. The molecular formula is C8H16N4O. The molecule has 0 aliphatic carbocycles. The highest BCUT2D eigenvalue weighted by Gasteiger charge is 2.25. The highest BCUT2D eigenvalue weighted by molar-refractivity contribution is 5.76. The van der Waals surface area contributed by atoms with Gasteiger partial charge in [0.05, 0.1) is 0 Å². The molecule has 0 radical (unpaired) electrons. The molecule has 0 aromatic rings. The standard InChI is InChI=1S/C8H16N4O/c9-7-5-11(6-7)3-4-12-2-1-10-8(12)13/h7H,1-6,9H2,(H,10,13). The van der Waals surface area contributed by atoms with Crippen LogP contribution >= 0.6 is 0 Å². The molecule has 2 saturated heterocycles. The van der Waals surface area contributed by atoms with Crippen LogP contribution in [0.15, 0.2) is 0 Å². The van der Waals surface area contributed by atoms with Gasteiger partial charge in [-0.05, 0) is 0 Å². The largest absolute Gasteiger partial charge is 0.336 e. The summed E-state index contributed by atoms with van der Waals surface area (Å²) >= 11 is 0. The van der Waals surface area contributed by atoms with Crippen molar-refractivity contribution in [3.8, 4) is 0 Å². The Morgan fingerprint density at radius 3 is 2.77 bits per heavy atom. The molecule has 3 N–H and O–H groups in total. The summed E-state index contributed by atoms with van der Waals surface area (Å²) in [6, 6.07) is 0.428. The van der Waals surface area contributed by atoms with Gasteiger partial charge in [-0.25, -0.2) is 4.79 Å². The molecule has 2 heterocycles. The Morgan fingerprint density at radius 2 is 2.23 bits per heavy atom. The fraction of sp³-hybridized carbons (Fsp3) is 0.875. The zero-order chi connectivity index (χ0) is 9.26. The van der Waals surface area contributed by atoms with Crippen molar-refractivity contribution in [1.82, 2.24) is 15.1 Å². The summed E-state index contributed by atoms with van der Waals surface area (Å²) in [5, 5.41) is 2.78. The third kappa shape index (κ3) is 1.92. The van der Waals surface area contributed by atoms with E-state index in [1.165, 1.54) is 0 Å². The number of hydrogen-bond donors (Lipinski definition) is 2. The Bertz CT molecular complexity index is 202. The fourth-order valence-electron chi connectivity index (χ4n) is 1.78. The Kier molecular flexibility index (Phi) is 2.37. The molecule has 0 unspecified atom stereocenters. The van der Waals surface area contributed by atoms with Gasteiger partial charge < -0.3 is 16.0 Å². The van der Waals surface area contributed by atoms with Crippen LogP contribution in [0.5, 0.6) is 0 Å². The topological polar surface area (TPSA) is 61.6 Å². The molecule has 13 heavy (non-hydrogen) atoms. The first kappa shape index (κ1) is 8.77. The fourth-order valence-corrected chi connectivity index (χ4v) is 1.78.